The van der Waals surface area contributed by atoms with Crippen molar-refractivity contribution >= 4 is 5.97 Å². The Morgan fingerprint density at radius 1 is 1.33 bits per heavy atom. The Balaban J connectivity index is 2.45. The van der Waals surface area contributed by atoms with Gasteiger partial charge in [-0.3, -0.25) is 10.1 Å². The summed E-state index contributed by atoms with van der Waals surface area (Å²) in [4.78, 5) is 14.4. The summed E-state index contributed by atoms with van der Waals surface area (Å²) in [7, 11) is 3.63. The van der Waals surface area contributed by atoms with E-state index >= 15 is 0 Å². The first kappa shape index (κ1) is 18.4. The van der Waals surface area contributed by atoms with Gasteiger partial charge in [0.05, 0.1) is 7.11 Å². The van der Waals surface area contributed by atoms with E-state index < -0.39 is 5.54 Å². The van der Waals surface area contributed by atoms with Gasteiger partial charge in [-0.2, -0.15) is 0 Å². The van der Waals surface area contributed by atoms with Gasteiger partial charge in [-0.05, 0) is 53.0 Å². The fourth-order valence-corrected chi connectivity index (χ4v) is 3.41. The Morgan fingerprint density at radius 3 is 2.48 bits per heavy atom. The monoisotopic (exact) mass is 298 g/mol. The molecule has 1 unspecified atom stereocenters. The van der Waals surface area contributed by atoms with E-state index in [-0.39, 0.29) is 12.0 Å². The highest BCUT2D eigenvalue weighted by Gasteiger charge is 2.34. The molecule has 124 valence electrons. The van der Waals surface area contributed by atoms with E-state index in [0.717, 1.165) is 25.4 Å². The van der Waals surface area contributed by atoms with Crippen LogP contribution in [0.25, 0.3) is 0 Å². The average Bonchev–Trinajstić information content (AvgIpc) is 2.44. The van der Waals surface area contributed by atoms with Crippen molar-refractivity contribution in [2.75, 3.05) is 27.2 Å². The standard InChI is InChI=1S/C17H34N2O2/c1-14(2)18-17(3,16(20)21-5)11-12-19(4)13-15-9-7-6-8-10-15/h14-15,18H,6-13H2,1-5H3. The third kappa shape index (κ3) is 6.35. The molecule has 4 nitrogen and oxygen atoms in total. The van der Waals surface area contributed by atoms with Crippen LogP contribution in [0.15, 0.2) is 0 Å². The van der Waals surface area contributed by atoms with E-state index in [9.17, 15) is 4.79 Å². The van der Waals surface area contributed by atoms with Gasteiger partial charge in [-0.1, -0.05) is 19.3 Å². The minimum atomic E-state index is -0.594. The summed E-state index contributed by atoms with van der Waals surface area (Å²) in [6.45, 7) is 8.15. The summed E-state index contributed by atoms with van der Waals surface area (Å²) in [5.41, 5.74) is -0.594. The van der Waals surface area contributed by atoms with Crippen molar-refractivity contribution in [3.63, 3.8) is 0 Å². The molecule has 0 aliphatic heterocycles. The number of carbonyl (C=O) groups is 1. The molecule has 1 atom stereocenters. The molecule has 0 heterocycles. The molecule has 21 heavy (non-hydrogen) atoms. The first-order valence-electron chi connectivity index (χ1n) is 8.42. The molecular formula is C17H34N2O2. The topological polar surface area (TPSA) is 41.6 Å². The van der Waals surface area contributed by atoms with Crippen molar-refractivity contribution in [1.82, 2.24) is 10.2 Å². The number of esters is 1. The highest BCUT2D eigenvalue weighted by Crippen LogP contribution is 2.24. The number of rotatable bonds is 8. The number of hydrogen-bond donors (Lipinski definition) is 1. The summed E-state index contributed by atoms with van der Waals surface area (Å²) in [6.07, 6.45) is 7.67. The maximum Gasteiger partial charge on any atom is 0.325 e. The van der Waals surface area contributed by atoms with Crippen molar-refractivity contribution in [3.05, 3.63) is 0 Å². The second-order valence-electron chi connectivity index (χ2n) is 7.14. The van der Waals surface area contributed by atoms with E-state index in [2.05, 4.69) is 31.1 Å². The molecular weight excluding hydrogens is 264 g/mol. The molecule has 4 heteroatoms. The van der Waals surface area contributed by atoms with E-state index in [1.165, 1.54) is 39.2 Å². The number of nitrogens with zero attached hydrogens (tertiary/aromatic N) is 1. The van der Waals surface area contributed by atoms with E-state index in [0.29, 0.717) is 0 Å². The second-order valence-corrected chi connectivity index (χ2v) is 7.14. The number of methoxy groups -OCH3 is 1. The number of ether oxygens (including phenoxy) is 1. The van der Waals surface area contributed by atoms with Gasteiger partial charge >= 0.3 is 5.97 Å². The minimum absolute atomic E-state index is 0.165. The third-order valence-corrected chi connectivity index (χ3v) is 4.53. The SMILES string of the molecule is COC(=O)C(C)(CCN(C)CC1CCCCC1)NC(C)C. The van der Waals surface area contributed by atoms with Crippen LogP contribution in [0.2, 0.25) is 0 Å². The highest BCUT2D eigenvalue weighted by atomic mass is 16.5. The molecule has 0 amide bonds. The number of nitrogens with one attached hydrogen (secondary N) is 1. The lowest BCUT2D eigenvalue weighted by atomic mass is 9.88. The summed E-state index contributed by atoms with van der Waals surface area (Å²) < 4.78 is 4.98. The number of hydrogen-bond acceptors (Lipinski definition) is 4. The fraction of sp³-hybridized carbons (Fsp3) is 0.941. The first-order chi connectivity index (χ1) is 9.87. The maximum absolute atomic E-state index is 12.1. The van der Waals surface area contributed by atoms with Crippen LogP contribution in [0.5, 0.6) is 0 Å². The minimum Gasteiger partial charge on any atom is -0.468 e. The van der Waals surface area contributed by atoms with Crippen molar-refractivity contribution in [1.29, 1.82) is 0 Å². The largest absolute Gasteiger partial charge is 0.468 e. The predicted molar refractivity (Wildman–Crippen MR) is 87.4 cm³/mol. The molecule has 1 aliphatic carbocycles. The van der Waals surface area contributed by atoms with Gasteiger partial charge in [0.25, 0.3) is 0 Å². The van der Waals surface area contributed by atoms with Crippen LogP contribution in [0.4, 0.5) is 0 Å². The van der Waals surface area contributed by atoms with Crippen LogP contribution in [-0.4, -0.2) is 49.7 Å². The third-order valence-electron chi connectivity index (χ3n) is 4.53. The van der Waals surface area contributed by atoms with E-state index in [1.54, 1.807) is 0 Å². The Morgan fingerprint density at radius 2 is 1.95 bits per heavy atom. The van der Waals surface area contributed by atoms with E-state index in [4.69, 9.17) is 4.74 Å². The molecule has 0 bridgehead atoms. The predicted octanol–water partition coefficient (Wildman–Crippen LogP) is 2.82. The summed E-state index contributed by atoms with van der Waals surface area (Å²) in [5.74, 6) is 0.674. The Labute approximate surface area is 130 Å². The van der Waals surface area contributed by atoms with Crippen LogP contribution in [0.3, 0.4) is 0 Å². The lowest BCUT2D eigenvalue weighted by Gasteiger charge is -2.33. The highest BCUT2D eigenvalue weighted by molar-refractivity contribution is 5.80. The average molecular weight is 298 g/mol. The normalized spacial score (nSPS) is 19.8. The summed E-state index contributed by atoms with van der Waals surface area (Å²) in [6, 6.07) is 0.262. The second kappa shape index (κ2) is 8.74. The zero-order valence-electron chi connectivity index (χ0n) is 14.6. The molecule has 1 N–H and O–H groups in total. The van der Waals surface area contributed by atoms with Crippen LogP contribution in [0.1, 0.15) is 59.3 Å². The molecule has 0 aromatic rings. The van der Waals surface area contributed by atoms with E-state index in [1.807, 2.05) is 6.92 Å². The lowest BCUT2D eigenvalue weighted by Crippen LogP contribution is -2.54. The van der Waals surface area contributed by atoms with Gasteiger partial charge in [-0.25, -0.2) is 0 Å². The quantitative estimate of drug-likeness (QED) is 0.700. The zero-order chi connectivity index (χ0) is 15.9. The Kier molecular flexibility index (Phi) is 7.67. The number of carbonyl (C=O) groups excluding carboxylic acids is 1. The van der Waals surface area contributed by atoms with Gasteiger partial charge in [0.15, 0.2) is 0 Å². The molecule has 1 rings (SSSR count). The molecule has 0 aromatic heterocycles. The van der Waals surface area contributed by atoms with Gasteiger partial charge in [-0.15, -0.1) is 0 Å². The molecule has 1 saturated carbocycles. The van der Waals surface area contributed by atoms with Gasteiger partial charge in [0.2, 0.25) is 0 Å². The van der Waals surface area contributed by atoms with Gasteiger partial charge < -0.3 is 9.64 Å². The van der Waals surface area contributed by atoms with Gasteiger partial charge in [0, 0.05) is 19.1 Å². The maximum atomic E-state index is 12.1. The van der Waals surface area contributed by atoms with Crippen molar-refractivity contribution in [3.8, 4) is 0 Å². The molecule has 0 saturated heterocycles. The molecule has 1 aliphatic rings. The Bertz CT molecular complexity index is 314. The van der Waals surface area contributed by atoms with Crippen LogP contribution >= 0.6 is 0 Å². The van der Waals surface area contributed by atoms with Gasteiger partial charge in [0.1, 0.15) is 5.54 Å². The summed E-state index contributed by atoms with van der Waals surface area (Å²) >= 11 is 0. The molecule has 0 spiro atoms. The first-order valence-corrected chi connectivity index (χ1v) is 8.42. The van der Waals surface area contributed by atoms with Crippen molar-refractivity contribution in [2.24, 2.45) is 5.92 Å². The molecule has 0 radical (unpaired) electrons. The van der Waals surface area contributed by atoms with Crippen LogP contribution in [-0.2, 0) is 9.53 Å². The van der Waals surface area contributed by atoms with Crippen LogP contribution < -0.4 is 5.32 Å². The molecule has 1 fully saturated rings. The van der Waals surface area contributed by atoms with Crippen molar-refractivity contribution in [2.45, 2.75) is 70.9 Å². The smallest absolute Gasteiger partial charge is 0.325 e. The fourth-order valence-electron chi connectivity index (χ4n) is 3.41. The summed E-state index contributed by atoms with van der Waals surface area (Å²) in [5, 5.41) is 3.36. The zero-order valence-corrected chi connectivity index (χ0v) is 14.6. The van der Waals surface area contributed by atoms with Crippen molar-refractivity contribution < 1.29 is 9.53 Å². The Hall–Kier alpha value is -0.610. The molecule has 0 aromatic carbocycles. The lowest BCUT2D eigenvalue weighted by molar-refractivity contribution is -0.148. The van der Waals surface area contributed by atoms with Crippen LogP contribution in [0, 0.1) is 5.92 Å².